The lowest BCUT2D eigenvalue weighted by molar-refractivity contribution is -0.116. The highest BCUT2D eigenvalue weighted by Gasteiger charge is 2.02. The minimum Gasteiger partial charge on any atom is -0.312 e. The van der Waals surface area contributed by atoms with Crippen molar-refractivity contribution in [1.82, 2.24) is 15.3 Å². The summed E-state index contributed by atoms with van der Waals surface area (Å²) in [6.45, 7) is 1.40. The predicted molar refractivity (Wildman–Crippen MR) is 73.4 cm³/mol. The zero-order valence-corrected chi connectivity index (χ0v) is 10.5. The lowest BCUT2D eigenvalue weighted by atomic mass is 10.2. The van der Waals surface area contributed by atoms with Crippen molar-refractivity contribution in [3.8, 4) is 0 Å². The van der Waals surface area contributed by atoms with E-state index >= 15 is 0 Å². The largest absolute Gasteiger partial charge is 0.312 e. The van der Waals surface area contributed by atoms with Crippen molar-refractivity contribution in [1.29, 1.82) is 0 Å². The summed E-state index contributed by atoms with van der Waals surface area (Å²) in [6.07, 6.45) is 3.41. The molecule has 2 aromatic rings. The van der Waals surface area contributed by atoms with Crippen LogP contribution in [0.15, 0.2) is 48.9 Å². The Kier molecular flexibility index (Phi) is 5.01. The van der Waals surface area contributed by atoms with Gasteiger partial charge in [-0.2, -0.15) is 0 Å². The second-order valence-corrected chi connectivity index (χ2v) is 4.06. The first kappa shape index (κ1) is 13.2. The molecule has 0 saturated heterocycles. The van der Waals surface area contributed by atoms with Gasteiger partial charge in [0.2, 0.25) is 5.91 Å². The van der Waals surface area contributed by atoms with Crippen LogP contribution in [0.1, 0.15) is 12.0 Å². The third-order valence-electron chi connectivity index (χ3n) is 2.55. The minimum atomic E-state index is -0.0562. The summed E-state index contributed by atoms with van der Waals surface area (Å²) in [7, 11) is 0. The van der Waals surface area contributed by atoms with E-state index in [1.807, 2.05) is 30.3 Å². The normalized spacial score (nSPS) is 10.1. The molecule has 1 heterocycles. The molecule has 1 aromatic carbocycles. The number of amides is 1. The van der Waals surface area contributed by atoms with E-state index in [-0.39, 0.29) is 5.91 Å². The SMILES string of the molecule is O=C(CCNCc1ccccc1)Nc1ccncn1. The van der Waals surface area contributed by atoms with E-state index in [9.17, 15) is 4.79 Å². The predicted octanol–water partition coefficient (Wildman–Crippen LogP) is 1.59. The van der Waals surface area contributed by atoms with Crippen LogP contribution in [0.2, 0.25) is 0 Å². The van der Waals surface area contributed by atoms with Gasteiger partial charge in [0.15, 0.2) is 0 Å². The van der Waals surface area contributed by atoms with Crippen molar-refractivity contribution in [2.45, 2.75) is 13.0 Å². The Balaban J connectivity index is 1.65. The molecular formula is C14H16N4O. The number of carbonyl (C=O) groups is 1. The Morgan fingerprint density at radius 1 is 1.16 bits per heavy atom. The number of benzene rings is 1. The summed E-state index contributed by atoms with van der Waals surface area (Å²) in [5.41, 5.74) is 1.21. The zero-order chi connectivity index (χ0) is 13.3. The molecule has 1 amide bonds. The average molecular weight is 256 g/mol. The number of carbonyl (C=O) groups excluding carboxylic acids is 1. The minimum absolute atomic E-state index is 0.0562. The third-order valence-corrected chi connectivity index (χ3v) is 2.55. The first-order valence-corrected chi connectivity index (χ1v) is 6.15. The molecule has 5 heteroatoms. The first-order valence-electron chi connectivity index (χ1n) is 6.15. The molecule has 0 aliphatic carbocycles. The molecule has 0 fully saturated rings. The fourth-order valence-corrected chi connectivity index (χ4v) is 1.60. The van der Waals surface area contributed by atoms with Crippen molar-refractivity contribution < 1.29 is 4.79 Å². The van der Waals surface area contributed by atoms with Gasteiger partial charge in [0, 0.05) is 25.7 Å². The summed E-state index contributed by atoms with van der Waals surface area (Å²) in [4.78, 5) is 19.3. The summed E-state index contributed by atoms with van der Waals surface area (Å²) in [5, 5.41) is 5.94. The van der Waals surface area contributed by atoms with Crippen LogP contribution in [0.5, 0.6) is 0 Å². The summed E-state index contributed by atoms with van der Waals surface area (Å²) in [6, 6.07) is 11.7. The summed E-state index contributed by atoms with van der Waals surface area (Å²) < 4.78 is 0. The zero-order valence-electron chi connectivity index (χ0n) is 10.5. The van der Waals surface area contributed by atoms with E-state index in [1.165, 1.54) is 11.9 Å². The van der Waals surface area contributed by atoms with Crippen molar-refractivity contribution in [3.63, 3.8) is 0 Å². The molecule has 0 aliphatic heterocycles. The van der Waals surface area contributed by atoms with Gasteiger partial charge in [-0.25, -0.2) is 9.97 Å². The third kappa shape index (κ3) is 4.85. The molecule has 0 aliphatic rings. The van der Waals surface area contributed by atoms with Gasteiger partial charge in [-0.15, -0.1) is 0 Å². The number of nitrogens with one attached hydrogen (secondary N) is 2. The lowest BCUT2D eigenvalue weighted by Crippen LogP contribution is -2.21. The highest BCUT2D eigenvalue weighted by molar-refractivity contribution is 5.89. The van der Waals surface area contributed by atoms with Crippen molar-refractivity contribution in [2.24, 2.45) is 0 Å². The maximum atomic E-state index is 11.6. The van der Waals surface area contributed by atoms with Crippen molar-refractivity contribution >= 4 is 11.7 Å². The van der Waals surface area contributed by atoms with Crippen LogP contribution in [-0.4, -0.2) is 22.4 Å². The molecule has 19 heavy (non-hydrogen) atoms. The van der Waals surface area contributed by atoms with E-state index in [4.69, 9.17) is 0 Å². The second-order valence-electron chi connectivity index (χ2n) is 4.06. The first-order chi connectivity index (χ1) is 9.34. The van der Waals surface area contributed by atoms with Crippen LogP contribution in [-0.2, 0) is 11.3 Å². The number of hydrogen-bond donors (Lipinski definition) is 2. The topological polar surface area (TPSA) is 66.9 Å². The molecule has 0 spiro atoms. The fourth-order valence-electron chi connectivity index (χ4n) is 1.60. The van der Waals surface area contributed by atoms with E-state index in [0.29, 0.717) is 18.8 Å². The Labute approximate surface area is 112 Å². The molecule has 2 N–H and O–H groups in total. The van der Waals surface area contributed by atoms with Crippen LogP contribution < -0.4 is 10.6 Å². The Hall–Kier alpha value is -2.27. The van der Waals surface area contributed by atoms with Crippen molar-refractivity contribution in [2.75, 3.05) is 11.9 Å². The van der Waals surface area contributed by atoms with E-state index < -0.39 is 0 Å². The average Bonchev–Trinajstić information content (AvgIpc) is 2.46. The monoisotopic (exact) mass is 256 g/mol. The van der Waals surface area contributed by atoms with Crippen LogP contribution in [0.4, 0.5) is 5.82 Å². The number of aromatic nitrogens is 2. The smallest absolute Gasteiger partial charge is 0.226 e. The van der Waals surface area contributed by atoms with Crippen LogP contribution in [0, 0.1) is 0 Å². The van der Waals surface area contributed by atoms with E-state index in [0.717, 1.165) is 6.54 Å². The highest BCUT2D eigenvalue weighted by atomic mass is 16.1. The van der Waals surface area contributed by atoms with E-state index in [2.05, 4.69) is 20.6 Å². The molecule has 0 saturated carbocycles. The molecule has 2 rings (SSSR count). The maximum absolute atomic E-state index is 11.6. The lowest BCUT2D eigenvalue weighted by Gasteiger charge is -2.05. The van der Waals surface area contributed by atoms with Crippen molar-refractivity contribution in [3.05, 3.63) is 54.5 Å². The molecule has 0 atom stereocenters. The Morgan fingerprint density at radius 2 is 2.00 bits per heavy atom. The fraction of sp³-hybridized carbons (Fsp3) is 0.214. The summed E-state index contributed by atoms with van der Waals surface area (Å²) in [5.74, 6) is 0.474. The van der Waals surface area contributed by atoms with Gasteiger partial charge in [-0.1, -0.05) is 30.3 Å². The molecule has 5 nitrogen and oxygen atoms in total. The van der Waals surface area contributed by atoms with Gasteiger partial charge in [-0.05, 0) is 11.6 Å². The highest BCUT2D eigenvalue weighted by Crippen LogP contribution is 1.99. The number of hydrogen-bond acceptors (Lipinski definition) is 4. The van der Waals surface area contributed by atoms with Gasteiger partial charge in [-0.3, -0.25) is 4.79 Å². The van der Waals surface area contributed by atoms with Gasteiger partial charge in [0.05, 0.1) is 0 Å². The number of nitrogens with zero attached hydrogens (tertiary/aromatic N) is 2. The molecule has 0 unspecified atom stereocenters. The van der Waals surface area contributed by atoms with Crippen LogP contribution >= 0.6 is 0 Å². The second kappa shape index (κ2) is 7.23. The quantitative estimate of drug-likeness (QED) is 0.770. The van der Waals surface area contributed by atoms with Gasteiger partial charge < -0.3 is 10.6 Å². The number of anilines is 1. The molecule has 1 aromatic heterocycles. The van der Waals surface area contributed by atoms with Crippen LogP contribution in [0.3, 0.4) is 0 Å². The molecular weight excluding hydrogens is 240 g/mol. The van der Waals surface area contributed by atoms with Crippen LogP contribution in [0.25, 0.3) is 0 Å². The maximum Gasteiger partial charge on any atom is 0.226 e. The van der Waals surface area contributed by atoms with Gasteiger partial charge >= 0.3 is 0 Å². The van der Waals surface area contributed by atoms with E-state index in [1.54, 1.807) is 12.3 Å². The molecule has 0 bridgehead atoms. The molecule has 0 radical (unpaired) electrons. The Morgan fingerprint density at radius 3 is 2.74 bits per heavy atom. The van der Waals surface area contributed by atoms with Gasteiger partial charge in [0.1, 0.15) is 12.1 Å². The Bertz CT molecular complexity index is 501. The summed E-state index contributed by atoms with van der Waals surface area (Å²) >= 11 is 0. The molecule has 98 valence electrons. The van der Waals surface area contributed by atoms with Gasteiger partial charge in [0.25, 0.3) is 0 Å². The number of rotatable bonds is 6. The standard InChI is InChI=1S/C14H16N4O/c19-14(18-13-6-8-16-11-17-13)7-9-15-10-12-4-2-1-3-5-12/h1-6,8,11,15H,7,9-10H2,(H,16,17,18,19).